The third-order valence-corrected chi connectivity index (χ3v) is 5.51. The van der Waals surface area contributed by atoms with Gasteiger partial charge in [0.15, 0.2) is 0 Å². The number of rotatable bonds is 2. The van der Waals surface area contributed by atoms with Crippen LogP contribution in [0.3, 0.4) is 0 Å². The molecule has 2 aliphatic carbocycles. The fourth-order valence-electron chi connectivity index (χ4n) is 4.32. The molecule has 2 nitrogen and oxygen atoms in total. The van der Waals surface area contributed by atoms with E-state index < -0.39 is 11.0 Å². The summed E-state index contributed by atoms with van der Waals surface area (Å²) in [7, 11) is 0. The predicted octanol–water partition coefficient (Wildman–Crippen LogP) is 4.04. The van der Waals surface area contributed by atoms with Crippen LogP contribution in [0.4, 0.5) is 0 Å². The van der Waals surface area contributed by atoms with Crippen molar-refractivity contribution >= 4 is 0 Å². The van der Waals surface area contributed by atoms with E-state index in [9.17, 15) is 10.4 Å². The van der Waals surface area contributed by atoms with Crippen molar-refractivity contribution in [2.45, 2.75) is 77.2 Å². The molecule has 4 unspecified atom stereocenters. The van der Waals surface area contributed by atoms with E-state index in [0.717, 1.165) is 44.9 Å². The lowest BCUT2D eigenvalue weighted by atomic mass is 9.56. The molecule has 0 amide bonds. The molecule has 0 aromatic rings. The normalized spacial score (nSPS) is 45.4. The topological polar surface area (TPSA) is 44.0 Å². The molecular formula is C16H27NO. The van der Waals surface area contributed by atoms with Crippen LogP contribution < -0.4 is 0 Å². The van der Waals surface area contributed by atoms with Gasteiger partial charge < -0.3 is 5.11 Å². The van der Waals surface area contributed by atoms with Gasteiger partial charge >= 0.3 is 0 Å². The molecule has 0 aliphatic heterocycles. The van der Waals surface area contributed by atoms with E-state index in [0.29, 0.717) is 11.8 Å². The lowest BCUT2D eigenvalue weighted by molar-refractivity contribution is -0.115. The van der Waals surface area contributed by atoms with Crippen molar-refractivity contribution < 1.29 is 5.11 Å². The zero-order valence-electron chi connectivity index (χ0n) is 11.9. The molecule has 0 spiro atoms. The first-order chi connectivity index (χ1) is 8.55. The van der Waals surface area contributed by atoms with Gasteiger partial charge in [-0.1, -0.05) is 46.0 Å². The highest BCUT2D eigenvalue weighted by molar-refractivity contribution is 5.14. The van der Waals surface area contributed by atoms with E-state index in [1.165, 1.54) is 12.8 Å². The van der Waals surface area contributed by atoms with Crippen LogP contribution in [-0.4, -0.2) is 10.7 Å². The van der Waals surface area contributed by atoms with Crippen molar-refractivity contribution in [2.24, 2.45) is 17.3 Å². The summed E-state index contributed by atoms with van der Waals surface area (Å²) in [6, 6.07) is 2.56. The molecule has 1 N–H and O–H groups in total. The Hall–Kier alpha value is -0.550. The minimum atomic E-state index is -0.715. The quantitative estimate of drug-likeness (QED) is 0.802. The fraction of sp³-hybridized carbons (Fsp3) is 0.938. The Morgan fingerprint density at radius 1 is 1.22 bits per heavy atom. The van der Waals surface area contributed by atoms with Crippen LogP contribution in [0, 0.1) is 28.6 Å². The summed E-state index contributed by atoms with van der Waals surface area (Å²) >= 11 is 0. The molecule has 2 fully saturated rings. The highest BCUT2D eigenvalue weighted by atomic mass is 16.3. The highest BCUT2D eigenvalue weighted by Crippen LogP contribution is 2.53. The molecule has 0 aromatic carbocycles. The molecule has 2 saturated carbocycles. The van der Waals surface area contributed by atoms with Crippen molar-refractivity contribution in [3.63, 3.8) is 0 Å². The van der Waals surface area contributed by atoms with Crippen molar-refractivity contribution in [3.8, 4) is 6.07 Å². The van der Waals surface area contributed by atoms with Gasteiger partial charge in [0.1, 0.15) is 0 Å². The lowest BCUT2D eigenvalue weighted by Crippen LogP contribution is -2.52. The average Bonchev–Trinajstić information content (AvgIpc) is 2.38. The smallest absolute Gasteiger partial charge is 0.0863 e. The minimum Gasteiger partial charge on any atom is -0.388 e. The second-order valence-electron chi connectivity index (χ2n) is 6.80. The van der Waals surface area contributed by atoms with Gasteiger partial charge in [0.05, 0.1) is 17.1 Å². The number of nitrogens with zero attached hydrogens (tertiary/aromatic N) is 1. The lowest BCUT2D eigenvalue weighted by Gasteiger charge is -2.50. The first-order valence-corrected chi connectivity index (χ1v) is 7.69. The zero-order valence-corrected chi connectivity index (χ0v) is 11.9. The van der Waals surface area contributed by atoms with Crippen molar-refractivity contribution in [1.82, 2.24) is 0 Å². The van der Waals surface area contributed by atoms with Crippen LogP contribution in [-0.2, 0) is 0 Å². The Bertz CT molecular complexity index is 334. The molecule has 2 heteroatoms. The Labute approximate surface area is 111 Å². The fourth-order valence-corrected chi connectivity index (χ4v) is 4.32. The third kappa shape index (κ3) is 2.30. The molecule has 0 saturated heterocycles. The SMILES string of the molecule is CCC1CCCC(C#N)(C2(O)CCCC(C)C2)C1. The Morgan fingerprint density at radius 2 is 1.94 bits per heavy atom. The van der Waals surface area contributed by atoms with Gasteiger partial charge in [-0.2, -0.15) is 5.26 Å². The molecular weight excluding hydrogens is 222 g/mol. The van der Waals surface area contributed by atoms with Crippen LogP contribution in [0.1, 0.15) is 71.6 Å². The molecule has 102 valence electrons. The maximum atomic E-state index is 11.1. The molecule has 0 heterocycles. The first-order valence-electron chi connectivity index (χ1n) is 7.69. The van der Waals surface area contributed by atoms with Crippen LogP contribution in [0.25, 0.3) is 0 Å². The second kappa shape index (κ2) is 5.21. The summed E-state index contributed by atoms with van der Waals surface area (Å²) < 4.78 is 0. The van der Waals surface area contributed by atoms with Gasteiger partial charge in [-0.25, -0.2) is 0 Å². The van der Waals surface area contributed by atoms with E-state index >= 15 is 0 Å². The molecule has 4 atom stereocenters. The van der Waals surface area contributed by atoms with Crippen LogP contribution in [0.5, 0.6) is 0 Å². The molecule has 0 radical (unpaired) electrons. The maximum Gasteiger partial charge on any atom is 0.0863 e. The van der Waals surface area contributed by atoms with E-state index in [-0.39, 0.29) is 0 Å². The van der Waals surface area contributed by atoms with Gasteiger partial charge in [-0.3, -0.25) is 0 Å². The summed E-state index contributed by atoms with van der Waals surface area (Å²) in [5.41, 5.74) is -1.17. The van der Waals surface area contributed by atoms with Crippen LogP contribution in [0.15, 0.2) is 0 Å². The summed E-state index contributed by atoms with van der Waals surface area (Å²) in [5, 5.41) is 20.9. The standard InChI is InChI=1S/C16H27NO/c1-3-14-7-5-8-15(11-14,12-17)16(18)9-4-6-13(2)10-16/h13-14,18H,3-11H2,1-2H3. The largest absolute Gasteiger partial charge is 0.388 e. The van der Waals surface area contributed by atoms with E-state index in [2.05, 4.69) is 19.9 Å². The van der Waals surface area contributed by atoms with Gasteiger partial charge in [-0.15, -0.1) is 0 Å². The third-order valence-electron chi connectivity index (χ3n) is 5.51. The highest BCUT2D eigenvalue weighted by Gasteiger charge is 2.53. The zero-order chi connectivity index (χ0) is 13.2. The number of hydrogen-bond acceptors (Lipinski definition) is 2. The van der Waals surface area contributed by atoms with E-state index in [4.69, 9.17) is 0 Å². The summed E-state index contributed by atoms with van der Waals surface area (Å²) in [5.74, 6) is 1.20. The van der Waals surface area contributed by atoms with Crippen molar-refractivity contribution in [3.05, 3.63) is 0 Å². The van der Waals surface area contributed by atoms with Gasteiger partial charge in [0.2, 0.25) is 0 Å². The van der Waals surface area contributed by atoms with Gasteiger partial charge in [-0.05, 0) is 37.5 Å². The second-order valence-corrected chi connectivity index (χ2v) is 6.80. The predicted molar refractivity (Wildman–Crippen MR) is 72.9 cm³/mol. The summed E-state index contributed by atoms with van der Waals surface area (Å²) in [4.78, 5) is 0. The molecule has 2 aliphatic rings. The average molecular weight is 249 g/mol. The minimum absolute atomic E-state index is 0.458. The van der Waals surface area contributed by atoms with Gasteiger partial charge in [0.25, 0.3) is 0 Å². The van der Waals surface area contributed by atoms with Crippen molar-refractivity contribution in [2.75, 3.05) is 0 Å². The van der Waals surface area contributed by atoms with Gasteiger partial charge in [0, 0.05) is 0 Å². The molecule has 0 bridgehead atoms. The first kappa shape index (κ1) is 13.9. The molecule has 2 rings (SSSR count). The number of aliphatic hydroxyl groups is 1. The molecule has 0 aromatic heterocycles. The van der Waals surface area contributed by atoms with E-state index in [1.54, 1.807) is 0 Å². The van der Waals surface area contributed by atoms with E-state index in [1.807, 2.05) is 0 Å². The van der Waals surface area contributed by atoms with Crippen LogP contribution in [0.2, 0.25) is 0 Å². The molecule has 18 heavy (non-hydrogen) atoms. The Morgan fingerprint density at radius 3 is 2.56 bits per heavy atom. The number of nitriles is 1. The summed E-state index contributed by atoms with van der Waals surface area (Å²) in [6.45, 7) is 4.43. The van der Waals surface area contributed by atoms with Crippen molar-refractivity contribution in [1.29, 1.82) is 5.26 Å². The van der Waals surface area contributed by atoms with Crippen LogP contribution >= 0.6 is 0 Å². The summed E-state index contributed by atoms with van der Waals surface area (Å²) in [6.07, 6.45) is 9.28. The Kier molecular flexibility index (Phi) is 4.02. The monoisotopic (exact) mass is 249 g/mol. The maximum absolute atomic E-state index is 11.1. The Balaban J connectivity index is 2.23. The number of hydrogen-bond donors (Lipinski definition) is 1.